The highest BCUT2D eigenvalue weighted by atomic mass is 16.5. The Kier molecular flexibility index (Phi) is 9.30. The molecule has 3 aliphatic rings. The fourth-order valence-electron chi connectivity index (χ4n) is 7.23. The van der Waals surface area contributed by atoms with Crippen LogP contribution in [-0.4, -0.2) is 68.0 Å². The SMILES string of the molecule is CCN(Cc1ccc(OCC2(N(C)C)CCCC2)cc1)C1C=C(OC)C(OC)=CC1[C@@H]1CCc2cc(O)ccc2C1. The first-order valence-electron chi connectivity index (χ1n) is 15.3. The molecule has 1 N–H and O–H groups in total. The first-order chi connectivity index (χ1) is 19.9. The maximum Gasteiger partial charge on any atom is 0.158 e. The van der Waals surface area contributed by atoms with Gasteiger partial charge in [-0.3, -0.25) is 4.90 Å². The van der Waals surface area contributed by atoms with E-state index in [2.05, 4.69) is 73.3 Å². The zero-order valence-corrected chi connectivity index (χ0v) is 25.6. The predicted octanol–water partition coefficient (Wildman–Crippen LogP) is 6.33. The van der Waals surface area contributed by atoms with Crippen LogP contribution in [0.25, 0.3) is 0 Å². The Morgan fingerprint density at radius 2 is 1.63 bits per heavy atom. The van der Waals surface area contributed by atoms with E-state index >= 15 is 0 Å². The maximum atomic E-state index is 9.98. The third-order valence-corrected chi connectivity index (χ3v) is 9.87. The predicted molar refractivity (Wildman–Crippen MR) is 164 cm³/mol. The maximum absolute atomic E-state index is 9.98. The standard InChI is InChI=1S/C35H48N2O4/c1-6-37(23-25-9-15-30(16-10-25)41-24-35(36(2)3)17-7-8-18-35)32-22-34(40-5)33(39-4)21-31(32)28-12-11-27-20-29(38)14-13-26(27)19-28/h9-10,13-16,20-22,28,31-32,38H,6-8,11-12,17-19,23-24H2,1-5H3/t28-,31?,32?/m1/s1. The average Bonchev–Trinajstić information content (AvgIpc) is 3.49. The number of hydrogen-bond acceptors (Lipinski definition) is 6. The first kappa shape index (κ1) is 29.5. The molecule has 222 valence electrons. The van der Waals surface area contributed by atoms with Gasteiger partial charge in [0.1, 0.15) is 18.1 Å². The van der Waals surface area contributed by atoms with Gasteiger partial charge in [0, 0.05) is 18.5 Å². The Morgan fingerprint density at radius 1 is 0.927 bits per heavy atom. The van der Waals surface area contributed by atoms with Gasteiger partial charge in [0.05, 0.1) is 19.8 Å². The normalized spacial score (nSPS) is 23.6. The minimum Gasteiger partial charge on any atom is -0.508 e. The number of methoxy groups -OCH3 is 2. The monoisotopic (exact) mass is 560 g/mol. The van der Waals surface area contributed by atoms with Gasteiger partial charge in [-0.05, 0) is 112 Å². The van der Waals surface area contributed by atoms with Crippen molar-refractivity contribution in [3.05, 3.63) is 82.8 Å². The number of phenols is 1. The van der Waals surface area contributed by atoms with Crippen molar-refractivity contribution in [2.45, 2.75) is 70.0 Å². The first-order valence-corrected chi connectivity index (χ1v) is 15.3. The zero-order chi connectivity index (χ0) is 29.0. The molecule has 0 radical (unpaired) electrons. The smallest absolute Gasteiger partial charge is 0.158 e. The number of nitrogens with zero attached hydrogens (tertiary/aromatic N) is 2. The van der Waals surface area contributed by atoms with Gasteiger partial charge >= 0.3 is 0 Å². The average molecular weight is 561 g/mol. The quantitative estimate of drug-likeness (QED) is 0.347. The van der Waals surface area contributed by atoms with Gasteiger partial charge < -0.3 is 24.2 Å². The molecule has 3 aliphatic carbocycles. The van der Waals surface area contributed by atoms with Crippen molar-refractivity contribution >= 4 is 0 Å². The van der Waals surface area contributed by atoms with Crippen LogP contribution in [0.3, 0.4) is 0 Å². The van der Waals surface area contributed by atoms with Crippen LogP contribution in [0, 0.1) is 11.8 Å². The van der Waals surface area contributed by atoms with Gasteiger partial charge in [0.2, 0.25) is 0 Å². The van der Waals surface area contributed by atoms with Gasteiger partial charge in [-0.15, -0.1) is 0 Å². The van der Waals surface area contributed by atoms with Crippen LogP contribution >= 0.6 is 0 Å². The van der Waals surface area contributed by atoms with E-state index < -0.39 is 0 Å². The van der Waals surface area contributed by atoms with Crippen molar-refractivity contribution in [1.29, 1.82) is 0 Å². The van der Waals surface area contributed by atoms with Crippen molar-refractivity contribution < 1.29 is 19.3 Å². The fourth-order valence-corrected chi connectivity index (χ4v) is 7.23. The molecule has 0 saturated heterocycles. The molecule has 0 bridgehead atoms. The summed E-state index contributed by atoms with van der Waals surface area (Å²) in [6, 6.07) is 14.7. The lowest BCUT2D eigenvalue weighted by molar-refractivity contribution is 0.0864. The number of ether oxygens (including phenoxy) is 3. The second-order valence-corrected chi connectivity index (χ2v) is 12.3. The molecule has 2 unspecified atom stereocenters. The van der Waals surface area contributed by atoms with Crippen molar-refractivity contribution in [3.63, 3.8) is 0 Å². The lowest BCUT2D eigenvalue weighted by Gasteiger charge is -2.41. The summed E-state index contributed by atoms with van der Waals surface area (Å²) >= 11 is 0. The summed E-state index contributed by atoms with van der Waals surface area (Å²) in [6.45, 7) is 4.75. The minimum absolute atomic E-state index is 0.160. The van der Waals surface area contributed by atoms with Crippen LogP contribution in [0.2, 0.25) is 0 Å². The second-order valence-electron chi connectivity index (χ2n) is 12.3. The Balaban J connectivity index is 1.31. The van der Waals surface area contributed by atoms with Crippen molar-refractivity contribution in [3.8, 4) is 11.5 Å². The highest BCUT2D eigenvalue weighted by Crippen LogP contribution is 2.40. The zero-order valence-electron chi connectivity index (χ0n) is 25.6. The summed E-state index contributed by atoms with van der Waals surface area (Å²) in [5.41, 5.74) is 4.06. The molecule has 0 spiro atoms. The Bertz CT molecular complexity index is 1230. The Hall–Kier alpha value is -2.96. The van der Waals surface area contributed by atoms with Gasteiger partial charge in [-0.1, -0.05) is 38.0 Å². The number of benzene rings is 2. The molecule has 5 rings (SSSR count). The molecular weight excluding hydrogens is 512 g/mol. The second kappa shape index (κ2) is 12.9. The van der Waals surface area contributed by atoms with Gasteiger partial charge in [-0.25, -0.2) is 0 Å². The van der Waals surface area contributed by atoms with Gasteiger partial charge in [0.15, 0.2) is 11.5 Å². The number of rotatable bonds is 11. The number of likely N-dealkylation sites (N-methyl/N-ethyl adjacent to an activating group) is 2. The van der Waals surface area contributed by atoms with E-state index in [-0.39, 0.29) is 11.6 Å². The van der Waals surface area contributed by atoms with E-state index in [1.54, 1.807) is 14.2 Å². The van der Waals surface area contributed by atoms with Crippen LogP contribution in [0.4, 0.5) is 0 Å². The van der Waals surface area contributed by atoms with Gasteiger partial charge in [0.25, 0.3) is 0 Å². The molecule has 0 amide bonds. The molecule has 0 aliphatic heterocycles. The van der Waals surface area contributed by atoms with E-state index in [1.807, 2.05) is 12.1 Å². The van der Waals surface area contributed by atoms with Crippen LogP contribution < -0.4 is 4.74 Å². The summed E-state index contributed by atoms with van der Waals surface area (Å²) < 4.78 is 17.9. The molecule has 2 aromatic rings. The largest absolute Gasteiger partial charge is 0.508 e. The van der Waals surface area contributed by atoms with Crippen LogP contribution in [0.15, 0.2) is 66.1 Å². The third-order valence-electron chi connectivity index (χ3n) is 9.87. The number of aryl methyl sites for hydroxylation is 1. The molecule has 3 atom stereocenters. The van der Waals surface area contributed by atoms with E-state index in [9.17, 15) is 5.11 Å². The number of fused-ring (bicyclic) bond motifs is 1. The number of hydrogen-bond donors (Lipinski definition) is 1. The van der Waals surface area contributed by atoms with Crippen LogP contribution in [0.1, 0.15) is 55.7 Å². The van der Waals surface area contributed by atoms with E-state index in [0.717, 1.165) is 56.2 Å². The molecule has 1 fully saturated rings. The lowest BCUT2D eigenvalue weighted by Crippen LogP contribution is -2.46. The Morgan fingerprint density at radius 3 is 2.29 bits per heavy atom. The molecule has 2 aromatic carbocycles. The van der Waals surface area contributed by atoms with E-state index in [0.29, 0.717) is 17.6 Å². The molecule has 6 nitrogen and oxygen atoms in total. The highest BCUT2D eigenvalue weighted by Gasteiger charge is 2.38. The van der Waals surface area contributed by atoms with E-state index in [4.69, 9.17) is 14.2 Å². The summed E-state index contributed by atoms with van der Waals surface area (Å²) in [5, 5.41) is 9.98. The van der Waals surface area contributed by atoms with Crippen molar-refractivity contribution in [2.24, 2.45) is 11.8 Å². The summed E-state index contributed by atoms with van der Waals surface area (Å²) in [7, 11) is 7.81. The minimum atomic E-state index is 0.160. The number of aromatic hydroxyl groups is 1. The van der Waals surface area contributed by atoms with Crippen molar-refractivity contribution in [1.82, 2.24) is 9.80 Å². The van der Waals surface area contributed by atoms with Crippen molar-refractivity contribution in [2.75, 3.05) is 41.5 Å². The summed E-state index contributed by atoms with van der Waals surface area (Å²) in [5.74, 6) is 3.69. The number of phenolic OH excluding ortho intramolecular Hbond substituents is 1. The summed E-state index contributed by atoms with van der Waals surface area (Å²) in [6.07, 6.45) is 12.6. The molecule has 1 saturated carbocycles. The lowest BCUT2D eigenvalue weighted by atomic mass is 9.72. The van der Waals surface area contributed by atoms with Crippen LogP contribution in [-0.2, 0) is 28.9 Å². The molecular formula is C35H48N2O4. The molecule has 0 aromatic heterocycles. The summed E-state index contributed by atoms with van der Waals surface area (Å²) in [4.78, 5) is 4.91. The van der Waals surface area contributed by atoms with E-state index in [1.165, 1.54) is 42.4 Å². The third kappa shape index (κ3) is 6.44. The van der Waals surface area contributed by atoms with Gasteiger partial charge in [-0.2, -0.15) is 0 Å². The Labute approximate surface area is 246 Å². The van der Waals surface area contributed by atoms with Crippen LogP contribution in [0.5, 0.6) is 11.5 Å². The topological polar surface area (TPSA) is 54.4 Å². The molecule has 0 heterocycles. The fraction of sp³-hybridized carbons (Fsp3) is 0.543. The molecule has 41 heavy (non-hydrogen) atoms. The molecule has 6 heteroatoms. The highest BCUT2D eigenvalue weighted by molar-refractivity contribution is 5.38.